The van der Waals surface area contributed by atoms with Gasteiger partial charge in [-0.25, -0.2) is 4.79 Å². The Kier molecular flexibility index (Phi) is 4.21. The van der Waals surface area contributed by atoms with Gasteiger partial charge in [-0.3, -0.25) is 4.90 Å². The first-order chi connectivity index (χ1) is 12.1. The first-order valence-electron chi connectivity index (χ1n) is 8.78. The van der Waals surface area contributed by atoms with Crippen molar-refractivity contribution in [1.29, 1.82) is 0 Å². The smallest absolute Gasteiger partial charge is 0.344 e. The van der Waals surface area contributed by atoms with Crippen LogP contribution in [0.1, 0.15) is 11.1 Å². The molecule has 132 valence electrons. The van der Waals surface area contributed by atoms with Crippen LogP contribution in [0.25, 0.3) is 0 Å². The maximum atomic E-state index is 12.5. The monoisotopic (exact) mass is 340 g/mol. The van der Waals surface area contributed by atoms with Crippen LogP contribution in [0.15, 0.2) is 36.7 Å². The van der Waals surface area contributed by atoms with Gasteiger partial charge in [0.1, 0.15) is 5.75 Å². The molecule has 0 saturated carbocycles. The minimum atomic E-state index is 0.00389. The second-order valence-electron chi connectivity index (χ2n) is 7.21. The molecular formula is C19H24N4O2. The summed E-state index contributed by atoms with van der Waals surface area (Å²) < 4.78 is 6.68. The Bertz CT molecular complexity index is 741. The maximum Gasteiger partial charge on any atom is 0.344 e. The fourth-order valence-corrected chi connectivity index (χ4v) is 4.03. The van der Waals surface area contributed by atoms with Crippen molar-refractivity contribution in [2.24, 2.45) is 11.8 Å². The van der Waals surface area contributed by atoms with E-state index in [4.69, 9.17) is 4.74 Å². The van der Waals surface area contributed by atoms with Crippen molar-refractivity contribution < 1.29 is 9.53 Å². The van der Waals surface area contributed by atoms with Gasteiger partial charge in [0, 0.05) is 38.9 Å². The third-order valence-electron chi connectivity index (χ3n) is 5.31. The highest BCUT2D eigenvalue weighted by molar-refractivity contribution is 5.76. The van der Waals surface area contributed by atoms with E-state index in [1.54, 1.807) is 19.5 Å². The van der Waals surface area contributed by atoms with E-state index in [-0.39, 0.29) is 6.03 Å². The normalized spacial score (nSPS) is 23.0. The van der Waals surface area contributed by atoms with Crippen LogP contribution in [-0.4, -0.2) is 58.9 Å². The molecule has 1 aromatic carbocycles. The maximum absolute atomic E-state index is 12.5. The molecule has 2 aromatic rings. The number of hydrogen-bond donors (Lipinski definition) is 0. The number of hydrogen-bond acceptors (Lipinski definition) is 4. The summed E-state index contributed by atoms with van der Waals surface area (Å²) in [7, 11) is 1.69. The highest BCUT2D eigenvalue weighted by Gasteiger charge is 2.41. The molecular weight excluding hydrogens is 316 g/mol. The molecule has 2 saturated heterocycles. The molecule has 0 N–H and O–H groups in total. The van der Waals surface area contributed by atoms with E-state index in [2.05, 4.69) is 22.1 Å². The van der Waals surface area contributed by atoms with Crippen molar-refractivity contribution in [3.8, 4) is 5.75 Å². The zero-order valence-electron chi connectivity index (χ0n) is 14.8. The third-order valence-corrected chi connectivity index (χ3v) is 5.31. The lowest BCUT2D eigenvalue weighted by Crippen LogP contribution is -2.36. The molecule has 2 aliphatic heterocycles. The Morgan fingerprint density at radius 2 is 1.84 bits per heavy atom. The minimum Gasteiger partial charge on any atom is -0.497 e. The fraction of sp³-hybridized carbons (Fsp3) is 0.474. The lowest BCUT2D eigenvalue weighted by atomic mass is 10.0. The van der Waals surface area contributed by atoms with Gasteiger partial charge in [-0.2, -0.15) is 9.78 Å². The molecule has 2 atom stereocenters. The van der Waals surface area contributed by atoms with Gasteiger partial charge >= 0.3 is 6.03 Å². The average molecular weight is 340 g/mol. The van der Waals surface area contributed by atoms with Crippen molar-refractivity contribution in [3.05, 3.63) is 47.8 Å². The number of ether oxygens (including phenoxy) is 1. The Morgan fingerprint density at radius 1 is 1.16 bits per heavy atom. The van der Waals surface area contributed by atoms with Gasteiger partial charge in [-0.1, -0.05) is 12.1 Å². The van der Waals surface area contributed by atoms with E-state index < -0.39 is 0 Å². The number of aryl methyl sites for hydroxylation is 1. The number of methoxy groups -OCH3 is 1. The van der Waals surface area contributed by atoms with Gasteiger partial charge < -0.3 is 9.64 Å². The number of benzene rings is 1. The van der Waals surface area contributed by atoms with E-state index in [9.17, 15) is 4.79 Å². The van der Waals surface area contributed by atoms with Gasteiger partial charge in [0.15, 0.2) is 0 Å². The molecule has 1 aromatic heterocycles. The van der Waals surface area contributed by atoms with Crippen molar-refractivity contribution >= 4 is 6.03 Å². The van der Waals surface area contributed by atoms with Crippen molar-refractivity contribution in [3.63, 3.8) is 0 Å². The van der Waals surface area contributed by atoms with Crippen LogP contribution in [0.2, 0.25) is 0 Å². The van der Waals surface area contributed by atoms with Crippen LogP contribution in [0.5, 0.6) is 5.75 Å². The molecule has 4 rings (SSSR count). The number of nitrogens with zero attached hydrogens (tertiary/aromatic N) is 4. The Hall–Kier alpha value is -2.34. The van der Waals surface area contributed by atoms with E-state index >= 15 is 0 Å². The second-order valence-corrected chi connectivity index (χ2v) is 7.21. The lowest BCUT2D eigenvalue weighted by Gasteiger charge is -2.21. The standard InChI is InChI=1S/C19H24N4O2/c1-14-7-20-23(8-14)19(24)22-12-16-10-21(11-17(16)13-22)9-15-3-5-18(25-2)6-4-15/h3-8,16-17H,9-13H2,1-2H3. The summed E-state index contributed by atoms with van der Waals surface area (Å²) in [5.74, 6) is 2.03. The van der Waals surface area contributed by atoms with Crippen LogP contribution in [0, 0.1) is 18.8 Å². The molecule has 1 amide bonds. The van der Waals surface area contributed by atoms with E-state index in [0.717, 1.165) is 44.0 Å². The summed E-state index contributed by atoms with van der Waals surface area (Å²) >= 11 is 0. The van der Waals surface area contributed by atoms with Crippen molar-refractivity contribution in [2.75, 3.05) is 33.3 Å². The first kappa shape index (κ1) is 16.1. The van der Waals surface area contributed by atoms with Gasteiger partial charge in [0.2, 0.25) is 0 Å². The van der Waals surface area contributed by atoms with E-state index in [1.807, 2.05) is 24.0 Å². The van der Waals surface area contributed by atoms with Crippen LogP contribution < -0.4 is 4.74 Å². The molecule has 6 nitrogen and oxygen atoms in total. The molecule has 0 spiro atoms. The molecule has 0 bridgehead atoms. The second kappa shape index (κ2) is 6.52. The molecule has 6 heteroatoms. The molecule has 2 aliphatic rings. The quantitative estimate of drug-likeness (QED) is 0.860. The average Bonchev–Trinajstić information content (AvgIpc) is 3.29. The van der Waals surface area contributed by atoms with Crippen LogP contribution in [-0.2, 0) is 6.54 Å². The summed E-state index contributed by atoms with van der Waals surface area (Å²) in [5, 5.41) is 4.14. The molecule has 3 heterocycles. The predicted octanol–water partition coefficient (Wildman–Crippen LogP) is 2.23. The molecule has 0 radical (unpaired) electrons. The number of carbonyl (C=O) groups is 1. The SMILES string of the molecule is COc1ccc(CN2CC3CN(C(=O)n4cc(C)cn4)CC3C2)cc1. The number of amides is 1. The number of likely N-dealkylation sites (tertiary alicyclic amines) is 2. The zero-order chi connectivity index (χ0) is 17.4. The number of aromatic nitrogens is 2. The van der Waals surface area contributed by atoms with Gasteiger partial charge in [0.25, 0.3) is 0 Å². The summed E-state index contributed by atoms with van der Waals surface area (Å²) in [4.78, 5) is 17.0. The van der Waals surface area contributed by atoms with Crippen molar-refractivity contribution in [2.45, 2.75) is 13.5 Å². The van der Waals surface area contributed by atoms with Crippen LogP contribution >= 0.6 is 0 Å². The van der Waals surface area contributed by atoms with Gasteiger partial charge in [0.05, 0.1) is 13.3 Å². The van der Waals surface area contributed by atoms with E-state index in [1.165, 1.54) is 10.2 Å². The summed E-state index contributed by atoms with van der Waals surface area (Å²) in [5.41, 5.74) is 2.32. The molecule has 25 heavy (non-hydrogen) atoms. The zero-order valence-corrected chi connectivity index (χ0v) is 14.8. The number of carbonyl (C=O) groups excluding carboxylic acids is 1. The largest absolute Gasteiger partial charge is 0.497 e. The lowest BCUT2D eigenvalue weighted by molar-refractivity contribution is 0.197. The van der Waals surface area contributed by atoms with Gasteiger partial charge in [-0.15, -0.1) is 0 Å². The molecule has 2 fully saturated rings. The van der Waals surface area contributed by atoms with Crippen LogP contribution in [0.4, 0.5) is 4.79 Å². The topological polar surface area (TPSA) is 50.6 Å². The molecule has 0 aliphatic carbocycles. The number of rotatable bonds is 3. The van der Waals surface area contributed by atoms with E-state index in [0.29, 0.717) is 11.8 Å². The third kappa shape index (κ3) is 3.26. The highest BCUT2D eigenvalue weighted by atomic mass is 16.5. The van der Waals surface area contributed by atoms with Crippen molar-refractivity contribution in [1.82, 2.24) is 19.6 Å². The Balaban J connectivity index is 1.33. The Morgan fingerprint density at radius 3 is 2.40 bits per heavy atom. The predicted molar refractivity (Wildman–Crippen MR) is 94.6 cm³/mol. The molecule has 2 unspecified atom stereocenters. The van der Waals surface area contributed by atoms with Gasteiger partial charge in [-0.05, 0) is 42.0 Å². The number of fused-ring (bicyclic) bond motifs is 1. The highest BCUT2D eigenvalue weighted by Crippen LogP contribution is 2.32. The summed E-state index contributed by atoms with van der Waals surface area (Å²) in [6, 6.07) is 8.28. The Labute approximate surface area is 148 Å². The fourth-order valence-electron chi connectivity index (χ4n) is 4.03. The first-order valence-corrected chi connectivity index (χ1v) is 8.78. The summed E-state index contributed by atoms with van der Waals surface area (Å²) in [6.45, 7) is 6.69. The van der Waals surface area contributed by atoms with Crippen LogP contribution in [0.3, 0.4) is 0 Å². The minimum absolute atomic E-state index is 0.00389. The summed E-state index contributed by atoms with van der Waals surface area (Å²) in [6.07, 6.45) is 3.53.